The first kappa shape index (κ1) is 17.4. The van der Waals surface area contributed by atoms with E-state index in [2.05, 4.69) is 11.9 Å². The van der Waals surface area contributed by atoms with Gasteiger partial charge in [-0.3, -0.25) is 4.79 Å². The molecule has 0 radical (unpaired) electrons. The van der Waals surface area contributed by atoms with Crippen molar-refractivity contribution in [3.8, 4) is 0 Å². The van der Waals surface area contributed by atoms with Crippen molar-refractivity contribution in [2.24, 2.45) is 0 Å². The Balaban J connectivity index is 4.57. The average Bonchev–Trinajstić information content (AvgIpc) is 2.22. The highest BCUT2D eigenvalue weighted by atomic mass is 33.1. The van der Waals surface area contributed by atoms with Crippen LogP contribution in [0.2, 0.25) is 0 Å². The van der Waals surface area contributed by atoms with E-state index < -0.39 is 10.8 Å². The van der Waals surface area contributed by atoms with Crippen molar-refractivity contribution in [2.75, 3.05) is 0 Å². The van der Waals surface area contributed by atoms with Crippen molar-refractivity contribution >= 4 is 33.5 Å². The van der Waals surface area contributed by atoms with Crippen LogP contribution in [0.5, 0.6) is 0 Å². The summed E-state index contributed by atoms with van der Waals surface area (Å²) < 4.78 is -0.0762. The number of carbonyl (C=O) groups excluding carboxylic acids is 1. The third-order valence-electron chi connectivity index (χ3n) is 1.82. The molecule has 0 spiro atoms. The van der Waals surface area contributed by atoms with Gasteiger partial charge in [0.05, 0.1) is 0 Å². The summed E-state index contributed by atoms with van der Waals surface area (Å²) in [5.74, 6) is -1.32. The number of carbonyl (C=O) groups is 2. The summed E-state index contributed by atoms with van der Waals surface area (Å²) >= 11 is 0. The standard InChI is InChI=1S/C12H21NO3S2/c1-6-7-8-9(14)13-12(5,10(15)16)18-17-11(2,3)4/h6H,1,7-8H2,2-5H3,(H,13,14)(H,15,16). The Bertz CT molecular complexity index is 326. The molecule has 104 valence electrons. The number of amides is 1. The third-order valence-corrected chi connectivity index (χ3v) is 5.76. The van der Waals surface area contributed by atoms with Gasteiger partial charge in [0.2, 0.25) is 5.91 Å². The van der Waals surface area contributed by atoms with Gasteiger partial charge >= 0.3 is 5.97 Å². The lowest BCUT2D eigenvalue weighted by atomic mass is 10.2. The second-order valence-electron chi connectivity index (χ2n) is 4.99. The highest BCUT2D eigenvalue weighted by molar-refractivity contribution is 8.77. The van der Waals surface area contributed by atoms with Gasteiger partial charge in [-0.05, 0) is 13.3 Å². The molecule has 0 heterocycles. The number of aliphatic carboxylic acids is 1. The predicted octanol–water partition coefficient (Wildman–Crippen LogP) is 3.05. The Kier molecular flexibility index (Phi) is 6.84. The zero-order valence-electron chi connectivity index (χ0n) is 11.3. The lowest BCUT2D eigenvalue weighted by Gasteiger charge is -2.28. The number of carboxylic acid groups (broad SMARTS) is 1. The minimum Gasteiger partial charge on any atom is -0.479 e. The largest absolute Gasteiger partial charge is 0.479 e. The number of rotatable bonds is 7. The summed E-state index contributed by atoms with van der Waals surface area (Å²) in [6.45, 7) is 11.0. The SMILES string of the molecule is C=CCCC(=O)NC(C)(SSC(C)(C)C)C(=O)O. The maximum absolute atomic E-state index is 11.6. The van der Waals surface area contributed by atoms with Crippen LogP contribution in [0.15, 0.2) is 12.7 Å². The minimum absolute atomic E-state index is 0.0762. The van der Waals surface area contributed by atoms with Gasteiger partial charge in [0, 0.05) is 11.2 Å². The van der Waals surface area contributed by atoms with E-state index in [4.69, 9.17) is 0 Å². The fourth-order valence-corrected chi connectivity index (χ4v) is 3.11. The van der Waals surface area contributed by atoms with E-state index in [1.54, 1.807) is 6.08 Å². The molecule has 1 amide bonds. The lowest BCUT2D eigenvalue weighted by molar-refractivity contribution is -0.142. The molecule has 1 atom stereocenters. The molecule has 0 aliphatic heterocycles. The Morgan fingerprint density at radius 2 is 1.83 bits per heavy atom. The van der Waals surface area contributed by atoms with Crippen LogP contribution in [0.1, 0.15) is 40.5 Å². The molecule has 0 aromatic rings. The van der Waals surface area contributed by atoms with Gasteiger partial charge < -0.3 is 10.4 Å². The maximum atomic E-state index is 11.6. The van der Waals surface area contributed by atoms with E-state index in [0.717, 1.165) is 10.8 Å². The molecular formula is C12H21NO3S2. The monoisotopic (exact) mass is 291 g/mol. The van der Waals surface area contributed by atoms with Gasteiger partial charge in [0.1, 0.15) is 0 Å². The summed E-state index contributed by atoms with van der Waals surface area (Å²) in [4.78, 5) is 21.6. The molecule has 0 aliphatic carbocycles. The molecule has 6 heteroatoms. The van der Waals surface area contributed by atoms with E-state index in [1.165, 1.54) is 17.7 Å². The van der Waals surface area contributed by atoms with E-state index in [0.29, 0.717) is 6.42 Å². The summed E-state index contributed by atoms with van der Waals surface area (Å²) in [7, 11) is 2.60. The van der Waals surface area contributed by atoms with Gasteiger partial charge in [0.15, 0.2) is 4.87 Å². The fourth-order valence-electron chi connectivity index (χ4n) is 0.880. The van der Waals surface area contributed by atoms with Crippen molar-refractivity contribution in [2.45, 2.75) is 50.2 Å². The van der Waals surface area contributed by atoms with Gasteiger partial charge in [-0.2, -0.15) is 0 Å². The number of hydrogen-bond acceptors (Lipinski definition) is 4. The molecule has 0 bridgehead atoms. The molecular weight excluding hydrogens is 270 g/mol. The smallest absolute Gasteiger partial charge is 0.340 e. The van der Waals surface area contributed by atoms with Crippen LogP contribution in [0.25, 0.3) is 0 Å². The molecule has 0 saturated carbocycles. The van der Waals surface area contributed by atoms with Crippen LogP contribution in [0.3, 0.4) is 0 Å². The van der Waals surface area contributed by atoms with E-state index in [1.807, 2.05) is 20.8 Å². The quantitative estimate of drug-likeness (QED) is 0.429. The molecule has 0 aromatic carbocycles. The minimum atomic E-state index is -1.31. The van der Waals surface area contributed by atoms with E-state index in [-0.39, 0.29) is 17.1 Å². The summed E-state index contributed by atoms with van der Waals surface area (Å²) in [6, 6.07) is 0. The topological polar surface area (TPSA) is 66.4 Å². The third kappa shape index (κ3) is 6.96. The molecule has 18 heavy (non-hydrogen) atoms. The number of carboxylic acids is 1. The van der Waals surface area contributed by atoms with Crippen LogP contribution in [0, 0.1) is 0 Å². The Labute approximate surface area is 116 Å². The van der Waals surface area contributed by atoms with Crippen LogP contribution in [-0.4, -0.2) is 26.6 Å². The molecule has 0 rings (SSSR count). The number of allylic oxidation sites excluding steroid dienone is 1. The molecule has 0 aliphatic rings. The number of nitrogens with one attached hydrogen (secondary N) is 1. The van der Waals surface area contributed by atoms with E-state index in [9.17, 15) is 14.7 Å². The van der Waals surface area contributed by atoms with Crippen molar-refractivity contribution in [1.29, 1.82) is 0 Å². The van der Waals surface area contributed by atoms with Crippen LogP contribution < -0.4 is 5.32 Å². The van der Waals surface area contributed by atoms with Crippen LogP contribution >= 0.6 is 21.6 Å². The van der Waals surface area contributed by atoms with Crippen LogP contribution in [0.4, 0.5) is 0 Å². The van der Waals surface area contributed by atoms with E-state index >= 15 is 0 Å². The highest BCUT2D eigenvalue weighted by Gasteiger charge is 2.37. The Morgan fingerprint density at radius 3 is 2.22 bits per heavy atom. The first-order valence-electron chi connectivity index (χ1n) is 5.63. The first-order valence-corrected chi connectivity index (χ1v) is 7.78. The van der Waals surface area contributed by atoms with Crippen molar-refractivity contribution in [3.05, 3.63) is 12.7 Å². The van der Waals surface area contributed by atoms with Gasteiger partial charge in [-0.15, -0.1) is 6.58 Å². The highest BCUT2D eigenvalue weighted by Crippen LogP contribution is 2.42. The zero-order chi connectivity index (χ0) is 14.4. The summed E-state index contributed by atoms with van der Waals surface area (Å²) in [6.07, 6.45) is 2.43. The molecule has 0 saturated heterocycles. The zero-order valence-corrected chi connectivity index (χ0v) is 12.9. The second-order valence-corrected chi connectivity index (χ2v) is 8.37. The first-order chi connectivity index (χ1) is 8.10. The average molecular weight is 291 g/mol. The maximum Gasteiger partial charge on any atom is 0.340 e. The van der Waals surface area contributed by atoms with Gasteiger partial charge in [0.25, 0.3) is 0 Å². The lowest BCUT2D eigenvalue weighted by Crippen LogP contribution is -2.49. The van der Waals surface area contributed by atoms with Crippen molar-refractivity contribution < 1.29 is 14.7 Å². The van der Waals surface area contributed by atoms with Crippen LogP contribution in [-0.2, 0) is 9.59 Å². The summed E-state index contributed by atoms with van der Waals surface area (Å²) in [5, 5.41) is 11.8. The van der Waals surface area contributed by atoms with Gasteiger partial charge in [-0.25, -0.2) is 4.79 Å². The Hall–Kier alpha value is -0.620. The van der Waals surface area contributed by atoms with Crippen molar-refractivity contribution in [3.63, 3.8) is 0 Å². The normalized spacial score (nSPS) is 14.7. The molecule has 0 fully saturated rings. The Morgan fingerprint density at radius 1 is 1.28 bits per heavy atom. The molecule has 2 N–H and O–H groups in total. The predicted molar refractivity (Wildman–Crippen MR) is 78.5 cm³/mol. The number of hydrogen-bond donors (Lipinski definition) is 2. The fraction of sp³-hybridized carbons (Fsp3) is 0.667. The molecule has 1 unspecified atom stereocenters. The molecule has 4 nitrogen and oxygen atoms in total. The summed E-state index contributed by atoms with van der Waals surface area (Å²) in [5.41, 5.74) is 0. The van der Waals surface area contributed by atoms with Crippen molar-refractivity contribution in [1.82, 2.24) is 5.32 Å². The second kappa shape index (κ2) is 7.09. The van der Waals surface area contributed by atoms with Gasteiger partial charge in [-0.1, -0.05) is 48.4 Å². The molecule has 0 aromatic heterocycles.